The Hall–Kier alpha value is -0.958. The second-order valence-electron chi connectivity index (χ2n) is 3.05. The molecule has 0 saturated carbocycles. The Balaban J connectivity index is 0.000000811. The van der Waals surface area contributed by atoms with Gasteiger partial charge in [0.15, 0.2) is 11.6 Å². The molecule has 0 radical (unpaired) electrons. The molecule has 0 atom stereocenters. The van der Waals surface area contributed by atoms with E-state index in [4.69, 9.17) is 0 Å². The van der Waals surface area contributed by atoms with Crippen LogP contribution < -0.4 is 0 Å². The standard InChI is InChI=1S/C9H10N4O.CH3.ClH.Pd/c1-12-5-3-10-8(12)7(14)9-11-4-6-13(9)2;;;/h3-6H,1-2H3;1H3;1H;/q;-1;;+2/p-1. The summed E-state index contributed by atoms with van der Waals surface area (Å²) in [5.41, 5.74) is 0. The van der Waals surface area contributed by atoms with Gasteiger partial charge in [0, 0.05) is 38.9 Å². The zero-order chi connectivity index (χ0) is 12.1. The number of aromatic nitrogens is 4. The normalized spacial score (nSPS) is 9.00. The summed E-state index contributed by atoms with van der Waals surface area (Å²) >= 11 is 2.22. The van der Waals surface area contributed by atoms with Crippen molar-refractivity contribution in [2.24, 2.45) is 14.1 Å². The van der Waals surface area contributed by atoms with Crippen molar-refractivity contribution >= 4 is 15.3 Å². The SMILES string of the molecule is Cn1ccnc1C(=O)c1nccn1C.[CH3-].[Cl][Pd+]. The number of ketones is 1. The van der Waals surface area contributed by atoms with Crippen LogP contribution in [0, 0.1) is 7.43 Å². The van der Waals surface area contributed by atoms with Gasteiger partial charge < -0.3 is 16.6 Å². The molecule has 0 saturated heterocycles. The Morgan fingerprint density at radius 1 is 1.12 bits per heavy atom. The van der Waals surface area contributed by atoms with Crippen molar-refractivity contribution in [1.82, 2.24) is 19.1 Å². The van der Waals surface area contributed by atoms with Crippen molar-refractivity contribution in [2.75, 3.05) is 0 Å². The van der Waals surface area contributed by atoms with Gasteiger partial charge in [0.1, 0.15) is 0 Å². The summed E-state index contributed by atoms with van der Waals surface area (Å²) in [5.74, 6) is 0.642. The molecule has 0 bridgehead atoms. The Labute approximate surface area is 115 Å². The molecule has 0 aliphatic carbocycles. The van der Waals surface area contributed by atoms with Gasteiger partial charge in [-0.1, -0.05) is 0 Å². The Morgan fingerprint density at radius 3 is 1.71 bits per heavy atom. The molecule has 0 spiro atoms. The molecule has 7 heteroatoms. The van der Waals surface area contributed by atoms with Crippen molar-refractivity contribution in [3.05, 3.63) is 43.9 Å². The molecule has 0 aliphatic heterocycles. The fraction of sp³-hybridized carbons (Fsp3) is 0.200. The summed E-state index contributed by atoms with van der Waals surface area (Å²) in [6, 6.07) is 0. The second kappa shape index (κ2) is 7.38. The van der Waals surface area contributed by atoms with Crippen molar-refractivity contribution < 1.29 is 23.0 Å². The van der Waals surface area contributed by atoms with Gasteiger partial charge in [-0.3, -0.25) is 4.79 Å². The molecule has 2 heterocycles. The van der Waals surface area contributed by atoms with Crippen molar-refractivity contribution in [3.63, 3.8) is 0 Å². The maximum absolute atomic E-state index is 11.8. The Kier molecular flexibility index (Phi) is 6.97. The zero-order valence-corrected chi connectivity index (χ0v) is 12.0. The van der Waals surface area contributed by atoms with Crippen LogP contribution in [0.1, 0.15) is 16.4 Å². The molecule has 17 heavy (non-hydrogen) atoms. The number of rotatable bonds is 2. The summed E-state index contributed by atoms with van der Waals surface area (Å²) in [4.78, 5) is 19.8. The molecule has 0 aromatic carbocycles. The third-order valence-corrected chi connectivity index (χ3v) is 2.05. The van der Waals surface area contributed by atoms with E-state index in [0.717, 1.165) is 0 Å². The number of carbonyl (C=O) groups excluding carboxylic acids is 1. The van der Waals surface area contributed by atoms with Gasteiger partial charge in [-0.25, -0.2) is 9.97 Å². The van der Waals surface area contributed by atoms with E-state index in [-0.39, 0.29) is 13.2 Å². The van der Waals surface area contributed by atoms with Crippen LogP contribution in [0.2, 0.25) is 0 Å². The monoisotopic (exact) mass is 346 g/mol. The van der Waals surface area contributed by atoms with Gasteiger partial charge in [-0.2, -0.15) is 0 Å². The molecular weight excluding hydrogens is 334 g/mol. The quantitative estimate of drug-likeness (QED) is 0.470. The van der Waals surface area contributed by atoms with Gasteiger partial charge >= 0.3 is 27.7 Å². The predicted molar refractivity (Wildman–Crippen MR) is 62.1 cm³/mol. The molecular formula is C10H13ClN4OPd. The minimum absolute atomic E-state index is 0. The predicted octanol–water partition coefficient (Wildman–Crippen LogP) is 1.52. The van der Waals surface area contributed by atoms with Crippen LogP contribution in [0.5, 0.6) is 0 Å². The van der Waals surface area contributed by atoms with Crippen LogP contribution in [0.15, 0.2) is 24.8 Å². The maximum atomic E-state index is 11.8. The molecule has 2 aromatic rings. The van der Waals surface area contributed by atoms with Crippen LogP contribution in [0.25, 0.3) is 0 Å². The summed E-state index contributed by atoms with van der Waals surface area (Å²) in [5, 5.41) is 0. The van der Waals surface area contributed by atoms with Crippen LogP contribution >= 0.6 is 9.53 Å². The van der Waals surface area contributed by atoms with Gasteiger partial charge in [0.2, 0.25) is 0 Å². The van der Waals surface area contributed by atoms with Gasteiger partial charge in [-0.15, -0.1) is 0 Å². The van der Waals surface area contributed by atoms with Crippen molar-refractivity contribution in [2.45, 2.75) is 0 Å². The molecule has 0 amide bonds. The number of carbonyl (C=O) groups is 1. The van der Waals surface area contributed by atoms with E-state index in [0.29, 0.717) is 11.6 Å². The first-order valence-electron chi connectivity index (χ1n) is 4.31. The number of hydrogen-bond acceptors (Lipinski definition) is 3. The van der Waals surface area contributed by atoms with E-state index in [1.165, 1.54) is 0 Å². The van der Waals surface area contributed by atoms with E-state index in [2.05, 4.69) is 37.7 Å². The third kappa shape index (κ3) is 3.50. The van der Waals surface area contributed by atoms with Crippen LogP contribution in [0.4, 0.5) is 0 Å². The molecule has 2 aromatic heterocycles. The Morgan fingerprint density at radius 2 is 1.47 bits per heavy atom. The topological polar surface area (TPSA) is 52.7 Å². The zero-order valence-electron chi connectivity index (χ0n) is 9.70. The van der Waals surface area contributed by atoms with Crippen LogP contribution in [-0.4, -0.2) is 24.9 Å². The van der Waals surface area contributed by atoms with Crippen molar-refractivity contribution in [3.8, 4) is 0 Å². The summed E-state index contributed by atoms with van der Waals surface area (Å²) in [7, 11) is 8.05. The van der Waals surface area contributed by atoms with E-state index in [1.807, 2.05) is 0 Å². The average molecular weight is 347 g/mol. The molecule has 96 valence electrons. The second-order valence-corrected chi connectivity index (χ2v) is 3.05. The molecule has 5 nitrogen and oxygen atoms in total. The van der Waals surface area contributed by atoms with E-state index < -0.39 is 0 Å². The van der Waals surface area contributed by atoms with Gasteiger partial charge in [-0.05, 0) is 0 Å². The number of imidazole rings is 2. The summed E-state index contributed by atoms with van der Waals surface area (Å²) in [6.45, 7) is 0. The van der Waals surface area contributed by atoms with Gasteiger partial charge in [0.05, 0.1) is 0 Å². The van der Waals surface area contributed by atoms with E-state index >= 15 is 0 Å². The van der Waals surface area contributed by atoms with E-state index in [9.17, 15) is 4.79 Å². The third-order valence-electron chi connectivity index (χ3n) is 2.05. The average Bonchev–Trinajstić information content (AvgIpc) is 2.89. The van der Waals surface area contributed by atoms with Crippen LogP contribution in [0.3, 0.4) is 0 Å². The first kappa shape index (κ1) is 16.0. The molecule has 0 fully saturated rings. The first-order chi connectivity index (χ1) is 7.70. The van der Waals surface area contributed by atoms with Gasteiger partial charge in [0.25, 0.3) is 5.78 Å². The fourth-order valence-electron chi connectivity index (χ4n) is 1.27. The first-order valence-corrected chi connectivity index (χ1v) is 6.31. The molecule has 0 aliphatic rings. The summed E-state index contributed by atoms with van der Waals surface area (Å²) in [6.07, 6.45) is 6.65. The molecule has 0 unspecified atom stereocenters. The Bertz CT molecular complexity index is 438. The minimum atomic E-state index is -0.162. The molecule has 2 rings (SSSR count). The number of nitrogens with zero attached hydrogens (tertiary/aromatic N) is 4. The van der Waals surface area contributed by atoms with Crippen molar-refractivity contribution in [1.29, 1.82) is 0 Å². The summed E-state index contributed by atoms with van der Waals surface area (Å²) < 4.78 is 3.36. The number of hydrogen-bond donors (Lipinski definition) is 0. The van der Waals surface area contributed by atoms with Crippen LogP contribution in [-0.2, 0) is 32.3 Å². The molecule has 0 N–H and O–H groups in total. The fourth-order valence-corrected chi connectivity index (χ4v) is 1.27. The number of halogens is 1. The van der Waals surface area contributed by atoms with E-state index in [1.54, 1.807) is 48.0 Å². The number of aryl methyl sites for hydroxylation is 2.